The Bertz CT molecular complexity index is 397. The Labute approximate surface area is 93.1 Å². The third-order valence-electron chi connectivity index (χ3n) is 1.97. The highest BCUT2D eigenvalue weighted by Gasteiger charge is 2.06. The first kappa shape index (κ1) is 12.0. The van der Waals surface area contributed by atoms with Gasteiger partial charge in [0.05, 0.1) is 0 Å². The zero-order valence-electron chi connectivity index (χ0n) is 9.47. The molecule has 8 heteroatoms. The third kappa shape index (κ3) is 3.25. The van der Waals surface area contributed by atoms with Gasteiger partial charge in [-0.1, -0.05) is 6.92 Å². The van der Waals surface area contributed by atoms with Crippen molar-refractivity contribution in [3.05, 3.63) is 10.4 Å². The predicted molar refractivity (Wildman–Crippen MR) is 61.6 cm³/mol. The maximum Gasteiger partial charge on any atom is 0.228 e. The molecule has 1 heterocycles. The highest BCUT2D eigenvalue weighted by Crippen LogP contribution is 2.12. The van der Waals surface area contributed by atoms with Crippen LogP contribution in [0.2, 0.25) is 0 Å². The van der Waals surface area contributed by atoms with Crippen LogP contribution in [0.25, 0.3) is 10.4 Å². The van der Waals surface area contributed by atoms with Crippen LogP contribution in [0.3, 0.4) is 0 Å². The maximum absolute atomic E-state index is 8.32. The lowest BCUT2D eigenvalue weighted by molar-refractivity contribution is 0.751. The summed E-state index contributed by atoms with van der Waals surface area (Å²) in [6.07, 6.45) is 0.942. The van der Waals surface area contributed by atoms with E-state index >= 15 is 0 Å². The zero-order valence-corrected chi connectivity index (χ0v) is 9.47. The molecule has 0 bridgehead atoms. The Morgan fingerprint density at radius 2 is 2.06 bits per heavy atom. The standard InChI is InChI=1S/C8H14N8/c1-4-5(2)11-7-12-6(10-3)13-8(14-7)15-16-9/h5H,4H2,1-3H3,(H2,10,11,12,13,14). The number of nitrogens with zero attached hydrogens (tertiary/aromatic N) is 6. The van der Waals surface area contributed by atoms with E-state index in [-0.39, 0.29) is 12.0 Å². The summed E-state index contributed by atoms with van der Waals surface area (Å²) in [4.78, 5) is 14.6. The van der Waals surface area contributed by atoms with Gasteiger partial charge in [0.2, 0.25) is 17.8 Å². The van der Waals surface area contributed by atoms with Crippen LogP contribution in [-0.2, 0) is 0 Å². The highest BCUT2D eigenvalue weighted by atomic mass is 15.3. The number of nitrogens with one attached hydrogen (secondary N) is 2. The van der Waals surface area contributed by atoms with E-state index in [0.717, 1.165) is 6.42 Å². The summed E-state index contributed by atoms with van der Waals surface area (Å²) < 4.78 is 0. The van der Waals surface area contributed by atoms with Crippen molar-refractivity contribution in [2.24, 2.45) is 5.11 Å². The van der Waals surface area contributed by atoms with Crippen LogP contribution >= 0.6 is 0 Å². The van der Waals surface area contributed by atoms with Crippen molar-refractivity contribution in [3.8, 4) is 0 Å². The molecule has 1 rings (SSSR count). The van der Waals surface area contributed by atoms with Crippen LogP contribution in [0.5, 0.6) is 0 Å². The summed E-state index contributed by atoms with van der Waals surface area (Å²) in [5, 5.41) is 9.20. The van der Waals surface area contributed by atoms with Gasteiger partial charge in [0, 0.05) is 18.0 Å². The zero-order chi connectivity index (χ0) is 12.0. The summed E-state index contributed by atoms with van der Waals surface area (Å²) in [5.74, 6) is 0.812. The minimum absolute atomic E-state index is 0.0488. The van der Waals surface area contributed by atoms with Gasteiger partial charge in [-0.2, -0.15) is 15.0 Å². The minimum atomic E-state index is 0.0488. The van der Waals surface area contributed by atoms with E-state index in [9.17, 15) is 0 Å². The molecule has 1 atom stereocenters. The second-order valence-electron chi connectivity index (χ2n) is 3.18. The quantitative estimate of drug-likeness (QED) is 0.450. The minimum Gasteiger partial charge on any atom is -0.357 e. The molecule has 0 spiro atoms. The van der Waals surface area contributed by atoms with Gasteiger partial charge in [0.1, 0.15) is 0 Å². The van der Waals surface area contributed by atoms with E-state index in [0.29, 0.717) is 11.9 Å². The first-order valence-electron chi connectivity index (χ1n) is 4.95. The number of hydrogen-bond donors (Lipinski definition) is 2. The van der Waals surface area contributed by atoms with Gasteiger partial charge in [0.15, 0.2) is 0 Å². The third-order valence-corrected chi connectivity index (χ3v) is 1.97. The maximum atomic E-state index is 8.32. The van der Waals surface area contributed by atoms with Gasteiger partial charge < -0.3 is 10.6 Å². The molecule has 86 valence electrons. The highest BCUT2D eigenvalue weighted by molar-refractivity contribution is 5.39. The van der Waals surface area contributed by atoms with Crippen molar-refractivity contribution in [1.82, 2.24) is 15.0 Å². The fraction of sp³-hybridized carbons (Fsp3) is 0.625. The Kier molecular flexibility index (Phi) is 4.28. The lowest BCUT2D eigenvalue weighted by atomic mass is 10.3. The molecule has 16 heavy (non-hydrogen) atoms. The molecule has 1 unspecified atom stereocenters. The summed E-state index contributed by atoms with van der Waals surface area (Å²) in [6.45, 7) is 4.06. The number of azide groups is 1. The first-order valence-corrected chi connectivity index (χ1v) is 4.95. The van der Waals surface area contributed by atoms with E-state index in [1.807, 2.05) is 13.8 Å². The molecule has 0 aliphatic carbocycles. The van der Waals surface area contributed by atoms with Gasteiger partial charge in [-0.25, -0.2) is 0 Å². The van der Waals surface area contributed by atoms with Gasteiger partial charge in [-0.05, 0) is 24.0 Å². The SMILES string of the molecule is CCC(C)Nc1nc(N=[N+]=[N-])nc(NC)n1. The number of hydrogen-bond acceptors (Lipinski definition) is 6. The van der Waals surface area contributed by atoms with Crippen LogP contribution in [0, 0.1) is 0 Å². The summed E-state index contributed by atoms with van der Waals surface area (Å²) in [5.41, 5.74) is 8.32. The van der Waals surface area contributed by atoms with Crippen molar-refractivity contribution in [1.29, 1.82) is 0 Å². The Balaban J connectivity index is 2.99. The molecular formula is C8H14N8. The fourth-order valence-electron chi connectivity index (χ4n) is 0.948. The van der Waals surface area contributed by atoms with Crippen molar-refractivity contribution in [2.45, 2.75) is 26.3 Å². The van der Waals surface area contributed by atoms with Gasteiger partial charge >= 0.3 is 0 Å². The summed E-state index contributed by atoms with van der Waals surface area (Å²) in [7, 11) is 1.68. The molecule has 1 aromatic rings. The lowest BCUT2D eigenvalue weighted by Gasteiger charge is -2.11. The molecule has 0 amide bonds. The van der Waals surface area contributed by atoms with Crippen LogP contribution in [0.1, 0.15) is 20.3 Å². The number of anilines is 2. The smallest absolute Gasteiger partial charge is 0.228 e. The molecule has 0 saturated carbocycles. The first-order chi connectivity index (χ1) is 7.69. The molecule has 0 aromatic carbocycles. The second-order valence-corrected chi connectivity index (χ2v) is 3.18. The van der Waals surface area contributed by atoms with Crippen molar-refractivity contribution in [3.63, 3.8) is 0 Å². The molecule has 8 nitrogen and oxygen atoms in total. The summed E-state index contributed by atoms with van der Waals surface area (Å²) >= 11 is 0. The lowest BCUT2D eigenvalue weighted by Crippen LogP contribution is -2.16. The van der Waals surface area contributed by atoms with Crippen LogP contribution < -0.4 is 10.6 Å². The molecule has 2 N–H and O–H groups in total. The van der Waals surface area contributed by atoms with E-state index in [1.165, 1.54) is 0 Å². The Hall–Kier alpha value is -2.08. The van der Waals surface area contributed by atoms with Gasteiger partial charge in [-0.15, -0.1) is 0 Å². The van der Waals surface area contributed by atoms with Crippen LogP contribution in [0.15, 0.2) is 5.11 Å². The molecule has 1 aromatic heterocycles. The van der Waals surface area contributed by atoms with E-state index < -0.39 is 0 Å². The Morgan fingerprint density at radius 3 is 2.62 bits per heavy atom. The molecule has 0 saturated heterocycles. The average molecular weight is 222 g/mol. The van der Waals surface area contributed by atoms with E-state index in [2.05, 4.69) is 35.6 Å². The molecule has 0 fully saturated rings. The number of rotatable bonds is 5. The van der Waals surface area contributed by atoms with Crippen LogP contribution in [-0.4, -0.2) is 28.0 Å². The van der Waals surface area contributed by atoms with E-state index in [1.54, 1.807) is 7.05 Å². The monoisotopic (exact) mass is 222 g/mol. The van der Waals surface area contributed by atoms with Gasteiger partial charge in [0.25, 0.3) is 0 Å². The molecule has 0 radical (unpaired) electrons. The summed E-state index contributed by atoms with van der Waals surface area (Å²) in [6, 6.07) is 0.242. The topological polar surface area (TPSA) is 111 Å². The van der Waals surface area contributed by atoms with Crippen molar-refractivity contribution < 1.29 is 0 Å². The predicted octanol–water partition coefficient (Wildman–Crippen LogP) is 2.07. The molecule has 0 aliphatic rings. The second kappa shape index (κ2) is 5.72. The van der Waals surface area contributed by atoms with E-state index in [4.69, 9.17) is 5.53 Å². The Morgan fingerprint density at radius 1 is 1.38 bits per heavy atom. The average Bonchev–Trinajstić information content (AvgIpc) is 2.29. The van der Waals surface area contributed by atoms with Crippen LogP contribution in [0.4, 0.5) is 17.8 Å². The van der Waals surface area contributed by atoms with Crippen molar-refractivity contribution >= 4 is 17.8 Å². The molecular weight excluding hydrogens is 208 g/mol. The number of aromatic nitrogens is 3. The molecule has 0 aliphatic heterocycles. The fourth-order valence-corrected chi connectivity index (χ4v) is 0.948. The van der Waals surface area contributed by atoms with Gasteiger partial charge in [-0.3, -0.25) is 0 Å². The normalized spacial score (nSPS) is 11.4. The van der Waals surface area contributed by atoms with Crippen molar-refractivity contribution in [2.75, 3.05) is 17.7 Å². The largest absolute Gasteiger partial charge is 0.357 e.